The average molecular weight is 537 g/mol. The summed E-state index contributed by atoms with van der Waals surface area (Å²) in [6.45, 7) is 3.03. The molecule has 0 bridgehead atoms. The highest BCUT2D eigenvalue weighted by Gasteiger charge is 2.10. The van der Waals surface area contributed by atoms with Gasteiger partial charge in [-0.3, -0.25) is 4.99 Å². The number of thioether (sulfide) groups is 1. The smallest absolute Gasteiger partial charge is 0.191 e. The number of aliphatic imine (C=N–C) groups is 1. The molecular weight excluding hydrogens is 512 g/mol. The molecule has 0 unspecified atom stereocenters. The topological polar surface area (TPSA) is 70.6 Å². The van der Waals surface area contributed by atoms with Crippen LogP contribution in [0.2, 0.25) is 0 Å². The second kappa shape index (κ2) is 11.6. The number of sulfone groups is 1. The summed E-state index contributed by atoms with van der Waals surface area (Å²) in [4.78, 5) is 5.55. The molecule has 2 rings (SSSR count). The van der Waals surface area contributed by atoms with Crippen molar-refractivity contribution in [2.75, 3.05) is 25.6 Å². The van der Waals surface area contributed by atoms with Crippen molar-refractivity contribution in [2.24, 2.45) is 4.99 Å². The average Bonchev–Trinajstić information content (AvgIpc) is 2.61. The van der Waals surface area contributed by atoms with E-state index in [0.29, 0.717) is 23.9 Å². The number of rotatable bonds is 7. The number of hydrogen-bond acceptors (Lipinski definition) is 4. The lowest BCUT2D eigenvalue weighted by Gasteiger charge is -2.13. The molecule has 2 aromatic rings. The monoisotopic (exact) mass is 537 g/mol. The van der Waals surface area contributed by atoms with Crippen LogP contribution in [0.3, 0.4) is 0 Å². The van der Waals surface area contributed by atoms with Crippen molar-refractivity contribution in [1.82, 2.24) is 10.6 Å². The second-order valence-electron chi connectivity index (χ2n) is 6.03. The molecule has 0 aromatic heterocycles. The molecule has 9 heteroatoms. The van der Waals surface area contributed by atoms with Gasteiger partial charge in [0.25, 0.3) is 0 Å². The van der Waals surface area contributed by atoms with Crippen molar-refractivity contribution in [3.63, 3.8) is 0 Å². The van der Waals surface area contributed by atoms with Crippen molar-refractivity contribution >= 4 is 51.5 Å². The first-order chi connectivity index (χ1) is 12.8. The Hall–Kier alpha value is -1.33. The van der Waals surface area contributed by atoms with E-state index in [9.17, 15) is 12.8 Å². The zero-order valence-corrected chi connectivity index (χ0v) is 20.0. The Balaban J connectivity index is 0.00000392. The van der Waals surface area contributed by atoms with Gasteiger partial charge in [0.15, 0.2) is 15.8 Å². The van der Waals surface area contributed by atoms with Gasteiger partial charge in [-0.05, 0) is 48.4 Å². The second-order valence-corrected chi connectivity index (χ2v) is 9.18. The van der Waals surface area contributed by atoms with E-state index in [2.05, 4.69) is 15.6 Å². The van der Waals surface area contributed by atoms with Crippen LogP contribution in [-0.4, -0.2) is 40.0 Å². The highest BCUT2D eigenvalue weighted by atomic mass is 127. The van der Waals surface area contributed by atoms with Gasteiger partial charge in [0, 0.05) is 37.0 Å². The van der Waals surface area contributed by atoms with Crippen molar-refractivity contribution in [1.29, 1.82) is 0 Å². The molecule has 0 spiro atoms. The summed E-state index contributed by atoms with van der Waals surface area (Å²) in [6.07, 6.45) is 1.21. The minimum Gasteiger partial charge on any atom is -0.356 e. The molecule has 0 amide bonds. The molecule has 0 saturated heterocycles. The standard InChI is InChI=1S/C19H24FN3O2S2.HI/c1-14-12-15(4-9-18(14)27(3,24)25)13-23-19(21-2)22-10-11-26-17-7-5-16(20)6-8-17;/h4-9,12H,10-11,13H2,1-3H3,(H2,21,22,23);1H. The molecule has 0 radical (unpaired) electrons. The Morgan fingerprint density at radius 1 is 1.14 bits per heavy atom. The van der Waals surface area contributed by atoms with Gasteiger partial charge in [-0.25, -0.2) is 12.8 Å². The lowest BCUT2D eigenvalue weighted by atomic mass is 10.1. The van der Waals surface area contributed by atoms with Crippen LogP contribution in [0, 0.1) is 12.7 Å². The molecule has 0 saturated carbocycles. The van der Waals surface area contributed by atoms with Crippen molar-refractivity contribution in [3.05, 3.63) is 59.4 Å². The molecule has 5 nitrogen and oxygen atoms in total. The van der Waals surface area contributed by atoms with Crippen molar-refractivity contribution < 1.29 is 12.8 Å². The van der Waals surface area contributed by atoms with E-state index in [-0.39, 0.29) is 29.8 Å². The fourth-order valence-corrected chi connectivity index (χ4v) is 4.24. The zero-order chi connectivity index (χ0) is 19.9. The van der Waals surface area contributed by atoms with Gasteiger partial charge < -0.3 is 10.6 Å². The summed E-state index contributed by atoms with van der Waals surface area (Å²) in [6, 6.07) is 11.7. The number of nitrogens with one attached hydrogen (secondary N) is 2. The Morgan fingerprint density at radius 3 is 2.39 bits per heavy atom. The SMILES string of the molecule is CN=C(NCCSc1ccc(F)cc1)NCc1ccc(S(C)(=O)=O)c(C)c1.I. The number of halogens is 2. The van der Waals surface area contributed by atoms with Crippen LogP contribution < -0.4 is 10.6 Å². The third-order valence-electron chi connectivity index (χ3n) is 3.80. The maximum absolute atomic E-state index is 12.9. The molecular formula is C19H25FIN3O2S2. The summed E-state index contributed by atoms with van der Waals surface area (Å²) in [7, 11) is -1.51. The largest absolute Gasteiger partial charge is 0.356 e. The Bertz CT molecular complexity index is 904. The van der Waals surface area contributed by atoms with E-state index in [1.807, 2.05) is 6.07 Å². The first-order valence-electron chi connectivity index (χ1n) is 8.42. The first kappa shape index (κ1) is 24.7. The van der Waals surface area contributed by atoms with Crippen LogP contribution in [-0.2, 0) is 16.4 Å². The van der Waals surface area contributed by atoms with Gasteiger partial charge in [-0.2, -0.15) is 0 Å². The number of guanidine groups is 1. The third-order valence-corrected chi connectivity index (χ3v) is 6.07. The quantitative estimate of drug-likeness (QED) is 0.186. The summed E-state index contributed by atoms with van der Waals surface area (Å²) < 4.78 is 36.2. The summed E-state index contributed by atoms with van der Waals surface area (Å²) in [5, 5.41) is 6.43. The van der Waals surface area contributed by atoms with E-state index < -0.39 is 9.84 Å². The number of aryl methyl sites for hydroxylation is 1. The van der Waals surface area contributed by atoms with Crippen molar-refractivity contribution in [2.45, 2.75) is 23.3 Å². The van der Waals surface area contributed by atoms with Gasteiger partial charge in [0.2, 0.25) is 0 Å². The summed E-state index contributed by atoms with van der Waals surface area (Å²) >= 11 is 1.63. The van der Waals surface area contributed by atoms with Crippen molar-refractivity contribution in [3.8, 4) is 0 Å². The van der Waals surface area contributed by atoms with Crippen LogP contribution in [0.25, 0.3) is 0 Å². The molecule has 2 aromatic carbocycles. The van der Waals surface area contributed by atoms with E-state index in [0.717, 1.165) is 21.8 Å². The minimum absolute atomic E-state index is 0. The number of nitrogens with zero attached hydrogens (tertiary/aromatic N) is 1. The molecule has 0 atom stereocenters. The molecule has 0 heterocycles. The van der Waals surface area contributed by atoms with E-state index in [4.69, 9.17) is 0 Å². The van der Waals surface area contributed by atoms with Crippen LogP contribution in [0.4, 0.5) is 4.39 Å². The van der Waals surface area contributed by atoms with E-state index in [1.54, 1.807) is 50.0 Å². The van der Waals surface area contributed by atoms with Crippen LogP contribution in [0.1, 0.15) is 11.1 Å². The predicted molar refractivity (Wildman–Crippen MR) is 125 cm³/mol. The lowest BCUT2D eigenvalue weighted by molar-refractivity contribution is 0.601. The van der Waals surface area contributed by atoms with Gasteiger partial charge in [-0.1, -0.05) is 12.1 Å². The molecule has 0 aliphatic heterocycles. The predicted octanol–water partition coefficient (Wildman–Crippen LogP) is 3.61. The normalized spacial score (nSPS) is 11.6. The maximum atomic E-state index is 12.9. The van der Waals surface area contributed by atoms with Gasteiger partial charge >= 0.3 is 0 Å². The van der Waals surface area contributed by atoms with Gasteiger partial charge in [0.1, 0.15) is 5.82 Å². The highest BCUT2D eigenvalue weighted by Crippen LogP contribution is 2.17. The molecule has 0 aliphatic carbocycles. The van der Waals surface area contributed by atoms with E-state index in [1.165, 1.54) is 18.4 Å². The van der Waals surface area contributed by atoms with Gasteiger partial charge in [-0.15, -0.1) is 35.7 Å². The molecule has 0 aliphatic rings. The Labute approximate surface area is 187 Å². The number of hydrogen-bond donors (Lipinski definition) is 2. The Kier molecular flexibility index (Phi) is 10.3. The van der Waals surface area contributed by atoms with E-state index >= 15 is 0 Å². The minimum atomic E-state index is -3.21. The Morgan fingerprint density at radius 2 is 1.82 bits per heavy atom. The van der Waals surface area contributed by atoms with Gasteiger partial charge in [0.05, 0.1) is 4.90 Å². The fourth-order valence-electron chi connectivity index (χ4n) is 2.51. The first-order valence-corrected chi connectivity index (χ1v) is 11.3. The highest BCUT2D eigenvalue weighted by molar-refractivity contribution is 14.0. The van der Waals surface area contributed by atoms with Crippen LogP contribution in [0.15, 0.2) is 57.2 Å². The zero-order valence-electron chi connectivity index (χ0n) is 16.0. The molecule has 154 valence electrons. The summed E-state index contributed by atoms with van der Waals surface area (Å²) in [5.41, 5.74) is 1.71. The number of benzene rings is 2. The summed E-state index contributed by atoms with van der Waals surface area (Å²) in [5.74, 6) is 1.25. The van der Waals surface area contributed by atoms with Crippen LogP contribution >= 0.6 is 35.7 Å². The lowest BCUT2D eigenvalue weighted by Crippen LogP contribution is -2.37. The molecule has 2 N–H and O–H groups in total. The van der Waals surface area contributed by atoms with Crippen LogP contribution in [0.5, 0.6) is 0 Å². The maximum Gasteiger partial charge on any atom is 0.191 e. The molecule has 0 fully saturated rings. The molecule has 28 heavy (non-hydrogen) atoms. The fraction of sp³-hybridized carbons (Fsp3) is 0.316. The third kappa shape index (κ3) is 7.96.